The number of sulfone groups is 1. The van der Waals surface area contributed by atoms with Gasteiger partial charge in [0.15, 0.2) is 0 Å². The van der Waals surface area contributed by atoms with Gasteiger partial charge in [-0.15, -0.1) is 0 Å². The minimum absolute atomic E-state index is 0.00365. The van der Waals surface area contributed by atoms with Crippen molar-refractivity contribution in [3.05, 3.63) is 64.2 Å². The maximum atomic E-state index is 14.6. The van der Waals surface area contributed by atoms with Gasteiger partial charge in [-0.1, -0.05) is 17.7 Å². The first kappa shape index (κ1) is 23.1. The lowest BCUT2D eigenvalue weighted by Gasteiger charge is -2.30. The summed E-state index contributed by atoms with van der Waals surface area (Å²) in [5, 5.41) is -0.211. The number of benzene rings is 2. The van der Waals surface area contributed by atoms with E-state index in [0.29, 0.717) is 0 Å². The Morgan fingerprint density at radius 1 is 1.10 bits per heavy atom. The van der Waals surface area contributed by atoms with Crippen molar-refractivity contribution in [2.45, 2.75) is 19.4 Å². The van der Waals surface area contributed by atoms with Crippen molar-refractivity contribution < 1.29 is 26.8 Å². The molecular formula is C20H20ClF2N3O4S. The van der Waals surface area contributed by atoms with E-state index in [0.717, 1.165) is 12.1 Å². The van der Waals surface area contributed by atoms with Crippen LogP contribution in [0.15, 0.2) is 36.4 Å². The Kier molecular flexibility index (Phi) is 6.93. The molecule has 0 atom stereocenters. The van der Waals surface area contributed by atoms with Crippen LogP contribution in [-0.4, -0.2) is 31.7 Å². The smallest absolute Gasteiger partial charge is 0.265 e. The molecule has 2 amide bonds. The van der Waals surface area contributed by atoms with Gasteiger partial charge in [0.25, 0.3) is 5.91 Å². The van der Waals surface area contributed by atoms with E-state index in [1.54, 1.807) is 0 Å². The fourth-order valence-electron chi connectivity index (χ4n) is 3.38. The number of hydrogen-bond acceptors (Lipinski definition) is 5. The summed E-state index contributed by atoms with van der Waals surface area (Å²) in [5.74, 6) is 1.74. The van der Waals surface area contributed by atoms with Crippen LogP contribution in [0, 0.1) is 17.6 Å². The summed E-state index contributed by atoms with van der Waals surface area (Å²) in [7, 11) is -3.18. The number of hydrazine groups is 1. The fourth-order valence-corrected chi connectivity index (χ4v) is 5.04. The van der Waals surface area contributed by atoms with Crippen molar-refractivity contribution in [3.63, 3.8) is 0 Å². The topological polar surface area (TPSA) is 110 Å². The number of carbonyl (C=O) groups is 2. The summed E-state index contributed by atoms with van der Waals surface area (Å²) in [6.45, 7) is -0.222. The predicted molar refractivity (Wildman–Crippen MR) is 112 cm³/mol. The lowest BCUT2D eigenvalue weighted by Crippen LogP contribution is -2.39. The lowest BCUT2D eigenvalue weighted by atomic mass is 10.00. The van der Waals surface area contributed by atoms with Gasteiger partial charge in [0.05, 0.1) is 23.1 Å². The number of nitrogens with zero attached hydrogens (tertiary/aromatic N) is 1. The average Bonchev–Trinajstić information content (AvgIpc) is 2.74. The maximum absolute atomic E-state index is 14.6. The zero-order valence-electron chi connectivity index (χ0n) is 16.3. The average molecular weight is 472 g/mol. The minimum atomic E-state index is -3.18. The molecule has 0 aliphatic carbocycles. The first-order valence-corrected chi connectivity index (χ1v) is 11.6. The third-order valence-electron chi connectivity index (χ3n) is 5.16. The van der Waals surface area contributed by atoms with Crippen molar-refractivity contribution in [2.24, 2.45) is 11.8 Å². The Labute approximate surface area is 183 Å². The highest BCUT2D eigenvalue weighted by Gasteiger charge is 2.32. The number of anilines is 1. The van der Waals surface area contributed by atoms with Gasteiger partial charge in [0.1, 0.15) is 21.5 Å². The van der Waals surface area contributed by atoms with Gasteiger partial charge in [-0.05, 0) is 43.2 Å². The van der Waals surface area contributed by atoms with Crippen LogP contribution in [0.4, 0.5) is 14.5 Å². The van der Waals surface area contributed by atoms with Crippen molar-refractivity contribution >= 4 is 38.9 Å². The van der Waals surface area contributed by atoms with Gasteiger partial charge in [0.2, 0.25) is 5.91 Å². The molecule has 31 heavy (non-hydrogen) atoms. The number of rotatable bonds is 5. The Morgan fingerprint density at radius 2 is 1.77 bits per heavy atom. The molecular weight excluding hydrogens is 452 g/mol. The molecule has 11 heteroatoms. The first-order chi connectivity index (χ1) is 14.6. The molecule has 1 fully saturated rings. The number of hydrogen-bond donors (Lipinski definition) is 2. The molecule has 0 unspecified atom stereocenters. The SMILES string of the molecule is NNC(=O)c1ccc(CN(C(=O)C2CCS(=O)(=O)CC2)c2ccc(F)c(Cl)c2)c(F)c1. The highest BCUT2D eigenvalue weighted by molar-refractivity contribution is 7.91. The minimum Gasteiger partial charge on any atom is -0.308 e. The van der Waals surface area contributed by atoms with Gasteiger partial charge < -0.3 is 4.90 Å². The monoisotopic (exact) mass is 471 g/mol. The number of halogens is 3. The number of amides is 2. The van der Waals surface area contributed by atoms with Crippen molar-refractivity contribution in [1.82, 2.24) is 5.43 Å². The molecule has 166 valence electrons. The molecule has 1 heterocycles. The van der Waals surface area contributed by atoms with E-state index in [1.807, 2.05) is 5.43 Å². The van der Waals surface area contributed by atoms with E-state index in [9.17, 15) is 26.8 Å². The first-order valence-electron chi connectivity index (χ1n) is 9.37. The van der Waals surface area contributed by atoms with Crippen LogP contribution in [0.5, 0.6) is 0 Å². The summed E-state index contributed by atoms with van der Waals surface area (Å²) in [6.07, 6.45) is 0.287. The molecule has 1 aliphatic rings. The molecule has 3 N–H and O–H groups in total. The fraction of sp³-hybridized carbons (Fsp3) is 0.300. The standard InChI is InChI=1S/C20H20ClF2N3O4S/c21-16-10-15(3-4-17(16)22)26(20(28)12-5-7-31(29,30)8-6-12)11-14-2-1-13(9-18(14)23)19(27)25-24/h1-4,9-10,12H,5-8,11,24H2,(H,25,27). The molecule has 7 nitrogen and oxygen atoms in total. The molecule has 0 bridgehead atoms. The summed E-state index contributed by atoms with van der Waals surface area (Å²) >= 11 is 5.87. The zero-order chi connectivity index (χ0) is 22.8. The van der Waals surface area contributed by atoms with Crippen LogP contribution in [0.2, 0.25) is 5.02 Å². The Bertz CT molecular complexity index is 1110. The largest absolute Gasteiger partial charge is 0.308 e. The Hall–Kier alpha value is -2.56. The van der Waals surface area contributed by atoms with E-state index in [4.69, 9.17) is 17.4 Å². The third-order valence-corrected chi connectivity index (χ3v) is 7.16. The molecule has 1 aliphatic heterocycles. The Morgan fingerprint density at radius 3 is 2.35 bits per heavy atom. The predicted octanol–water partition coefficient (Wildman–Crippen LogP) is 2.58. The van der Waals surface area contributed by atoms with Crippen LogP contribution in [-0.2, 0) is 21.2 Å². The van der Waals surface area contributed by atoms with Gasteiger partial charge in [0, 0.05) is 22.7 Å². The van der Waals surface area contributed by atoms with Crippen molar-refractivity contribution in [2.75, 3.05) is 16.4 Å². The second kappa shape index (κ2) is 9.29. The summed E-state index contributed by atoms with van der Waals surface area (Å²) in [6, 6.07) is 7.37. The van der Waals surface area contributed by atoms with Gasteiger partial charge in [-0.3, -0.25) is 15.0 Å². The summed E-state index contributed by atoms with van der Waals surface area (Å²) in [4.78, 5) is 26.1. The quantitative estimate of drug-likeness (QED) is 0.395. The van der Waals surface area contributed by atoms with Crippen LogP contribution in [0.25, 0.3) is 0 Å². The molecule has 3 rings (SSSR count). The van der Waals surface area contributed by atoms with E-state index in [-0.39, 0.29) is 52.7 Å². The maximum Gasteiger partial charge on any atom is 0.265 e. The van der Waals surface area contributed by atoms with Crippen LogP contribution >= 0.6 is 11.6 Å². The zero-order valence-corrected chi connectivity index (χ0v) is 17.8. The number of carbonyl (C=O) groups excluding carboxylic acids is 2. The second-order valence-electron chi connectivity index (χ2n) is 7.23. The van der Waals surface area contributed by atoms with Crippen LogP contribution in [0.3, 0.4) is 0 Å². The highest BCUT2D eigenvalue weighted by Crippen LogP contribution is 2.29. The summed E-state index contributed by atoms with van der Waals surface area (Å²) in [5.41, 5.74) is 2.25. The molecule has 0 radical (unpaired) electrons. The van der Waals surface area contributed by atoms with Gasteiger partial charge in [-0.25, -0.2) is 23.0 Å². The van der Waals surface area contributed by atoms with Crippen LogP contribution in [0.1, 0.15) is 28.8 Å². The highest BCUT2D eigenvalue weighted by atomic mass is 35.5. The number of nitrogen functional groups attached to an aromatic ring is 1. The molecule has 2 aromatic carbocycles. The molecule has 0 aromatic heterocycles. The molecule has 0 saturated carbocycles. The summed E-state index contributed by atoms with van der Waals surface area (Å²) < 4.78 is 51.7. The van der Waals surface area contributed by atoms with E-state index in [2.05, 4.69) is 0 Å². The normalized spacial score (nSPS) is 16.0. The van der Waals surface area contributed by atoms with Gasteiger partial charge >= 0.3 is 0 Å². The number of nitrogens with two attached hydrogens (primary N) is 1. The van der Waals surface area contributed by atoms with E-state index < -0.39 is 39.2 Å². The molecule has 1 saturated heterocycles. The Balaban J connectivity index is 1.93. The third kappa shape index (κ3) is 5.38. The van der Waals surface area contributed by atoms with Crippen molar-refractivity contribution in [1.29, 1.82) is 0 Å². The van der Waals surface area contributed by atoms with E-state index >= 15 is 0 Å². The lowest BCUT2D eigenvalue weighted by molar-refractivity contribution is -0.122. The van der Waals surface area contributed by atoms with Crippen LogP contribution < -0.4 is 16.2 Å². The number of nitrogens with one attached hydrogen (secondary N) is 1. The van der Waals surface area contributed by atoms with Gasteiger partial charge in [-0.2, -0.15) is 0 Å². The molecule has 0 spiro atoms. The molecule has 2 aromatic rings. The second-order valence-corrected chi connectivity index (χ2v) is 9.94. The van der Waals surface area contributed by atoms with E-state index in [1.165, 1.54) is 29.2 Å². The van der Waals surface area contributed by atoms with Crippen molar-refractivity contribution in [3.8, 4) is 0 Å².